The van der Waals surface area contributed by atoms with Crippen molar-refractivity contribution in [2.75, 3.05) is 94.9 Å². The van der Waals surface area contributed by atoms with E-state index in [0.717, 1.165) is 24.3 Å². The molecule has 122 heavy (non-hydrogen) atoms. The van der Waals surface area contributed by atoms with Gasteiger partial charge in [-0.1, -0.05) is 131 Å². The highest BCUT2D eigenvalue weighted by Crippen LogP contribution is 2.43. The Kier molecular flexibility index (Phi) is 43.6. The topological polar surface area (TPSA) is 228 Å². The summed E-state index contributed by atoms with van der Waals surface area (Å²) >= 11 is 0. The standard InChI is InChI=1S/2C24H14F12N4O2.2C16H36N.CH2O3/c2*25-21(26,27)11-5-12(22(28,29)30)8-15(7-11)37-19(41)39-17-3-1-2-4-18(17)40-20(42)38-16-9-13(23(31,32)33)6-14(10-16)24(34,35)36;2*1-5-9-13-17(14-10-6-2,15-11-7-3)16-12-8-4;2-1(3)4/h2*1-10H,(H2,37,39,41)(H2,38,40,42);2*5-16H2,1-4H3;(H2,2,3,4)/q;;2*+1;/p-2. The van der Waals surface area contributed by atoms with Crippen molar-refractivity contribution in [1.29, 1.82) is 0 Å². The van der Waals surface area contributed by atoms with Crippen molar-refractivity contribution < 1.29 is 149 Å². The molecule has 6 rings (SSSR count). The van der Waals surface area contributed by atoms with Crippen molar-refractivity contribution >= 4 is 75.8 Å². The van der Waals surface area contributed by atoms with Gasteiger partial charge in [0.05, 0.1) is 120 Å². The number of para-hydroxylation sites is 4. The summed E-state index contributed by atoms with van der Waals surface area (Å²) < 4.78 is 316. The molecule has 41 heteroatoms. The molecule has 0 aliphatic carbocycles. The minimum atomic E-state index is -5.20. The van der Waals surface area contributed by atoms with Gasteiger partial charge in [-0.2, -0.15) is 105 Å². The second-order valence-corrected chi connectivity index (χ2v) is 28.1. The molecule has 0 atom stereocenters. The molecule has 0 bridgehead atoms. The van der Waals surface area contributed by atoms with E-state index in [-0.39, 0.29) is 95.5 Å². The summed E-state index contributed by atoms with van der Waals surface area (Å²) in [5, 5.41) is 32.0. The summed E-state index contributed by atoms with van der Waals surface area (Å²) in [7, 11) is 0. The monoisotopic (exact) mass is 1780 g/mol. The zero-order valence-electron chi connectivity index (χ0n) is 67.8. The lowest BCUT2D eigenvalue weighted by Crippen LogP contribution is -2.50. The van der Waals surface area contributed by atoms with Gasteiger partial charge in [-0.3, -0.25) is 0 Å². The van der Waals surface area contributed by atoms with E-state index in [1.165, 1.54) is 188 Å². The zero-order valence-corrected chi connectivity index (χ0v) is 67.8. The zero-order chi connectivity index (χ0) is 92.9. The Hall–Kier alpha value is -10.1. The Morgan fingerprint density at radius 2 is 0.361 bits per heavy atom. The predicted molar refractivity (Wildman–Crippen MR) is 413 cm³/mol. The third-order valence-electron chi connectivity index (χ3n) is 18.1. The fourth-order valence-electron chi connectivity index (χ4n) is 11.9. The molecular weight excluding hydrogens is 1680 g/mol. The van der Waals surface area contributed by atoms with E-state index in [1.54, 1.807) is 21.3 Å². The third kappa shape index (κ3) is 40.3. The first-order chi connectivity index (χ1) is 56.5. The van der Waals surface area contributed by atoms with Gasteiger partial charge in [-0.15, -0.1) is 0 Å². The van der Waals surface area contributed by atoms with Crippen LogP contribution < -0.4 is 52.7 Å². The van der Waals surface area contributed by atoms with E-state index in [9.17, 15) is 125 Å². The Morgan fingerprint density at radius 1 is 0.238 bits per heavy atom. The van der Waals surface area contributed by atoms with Gasteiger partial charge in [0.1, 0.15) is 0 Å². The Morgan fingerprint density at radius 3 is 0.467 bits per heavy atom. The summed E-state index contributed by atoms with van der Waals surface area (Å²) in [6.45, 7) is 30.0. The maximum Gasteiger partial charge on any atom is 0.416 e. The minimum absolute atomic E-state index is 0.164. The van der Waals surface area contributed by atoms with E-state index < -0.39 is 147 Å². The normalized spacial score (nSPS) is 12.1. The van der Waals surface area contributed by atoms with Crippen LogP contribution in [0.15, 0.2) is 121 Å². The van der Waals surface area contributed by atoms with Crippen LogP contribution in [0, 0.1) is 0 Å². The van der Waals surface area contributed by atoms with Crippen molar-refractivity contribution in [3.05, 3.63) is 166 Å². The number of hydrogen-bond donors (Lipinski definition) is 8. The van der Waals surface area contributed by atoms with Crippen molar-refractivity contribution in [2.45, 2.75) is 208 Å². The molecule has 6 aromatic rings. The summed E-state index contributed by atoms with van der Waals surface area (Å²) in [6.07, 6.45) is -21.8. The van der Waals surface area contributed by atoms with Crippen LogP contribution in [0.5, 0.6) is 0 Å². The molecule has 0 aromatic heterocycles. The van der Waals surface area contributed by atoms with Crippen LogP contribution in [-0.2, 0) is 49.4 Å². The molecule has 684 valence electrons. The first-order valence-electron chi connectivity index (χ1n) is 38.7. The molecule has 0 saturated heterocycles. The Balaban J connectivity index is 0.000000586. The number of unbranched alkanes of at least 4 members (excludes halogenated alkanes) is 8. The smallest absolute Gasteiger partial charge is 0.416 e. The number of anilines is 8. The lowest BCUT2D eigenvalue weighted by molar-refractivity contribution is -0.929. The van der Waals surface area contributed by atoms with Gasteiger partial charge < -0.3 is 66.5 Å². The second kappa shape index (κ2) is 49.3. The largest absolute Gasteiger partial charge is 0.652 e. The molecule has 0 fully saturated rings. The molecule has 8 N–H and O–H groups in total. The molecule has 0 unspecified atom stereocenters. The SMILES string of the molecule is CCCC[N+](CCCC)(CCCC)CCCC.CCCC[N+](CCCC)(CCCC)CCCC.O=C(Nc1cc(C(F)(F)F)cc(C(F)(F)F)c1)Nc1ccccc1NC(=O)Nc1cc(C(F)(F)F)cc(C(F)(F)F)c1.O=C(Nc1cc(C(F)(F)F)cc(C(F)(F)F)c1)Nc1ccccc1NC(=O)Nc1cc(C(F)(F)F)cc(C(F)(F)F)c1.O=C([O-])[O-]. The fraction of sp³-hybridized carbons (Fsp3) is 0.494. The van der Waals surface area contributed by atoms with Crippen molar-refractivity contribution in [3.8, 4) is 0 Å². The van der Waals surface area contributed by atoms with E-state index in [2.05, 4.69) is 76.7 Å². The number of nitrogens with one attached hydrogen (secondary N) is 8. The van der Waals surface area contributed by atoms with Gasteiger partial charge in [0.25, 0.3) is 0 Å². The number of hydrogen-bond acceptors (Lipinski definition) is 7. The lowest BCUT2D eigenvalue weighted by atomic mass is 10.1. The number of rotatable bonds is 32. The van der Waals surface area contributed by atoms with E-state index in [4.69, 9.17) is 15.0 Å². The van der Waals surface area contributed by atoms with Gasteiger partial charge >= 0.3 is 73.5 Å². The summed E-state index contributed by atoms with van der Waals surface area (Å²) in [5.41, 5.74) is -18.6. The fourth-order valence-corrected chi connectivity index (χ4v) is 11.9. The molecule has 17 nitrogen and oxygen atoms in total. The van der Waals surface area contributed by atoms with E-state index in [1.807, 2.05) is 0 Å². The van der Waals surface area contributed by atoms with Crippen LogP contribution in [-0.4, -0.2) is 91.6 Å². The van der Waals surface area contributed by atoms with Crippen LogP contribution in [0.25, 0.3) is 0 Å². The van der Waals surface area contributed by atoms with Crippen LogP contribution in [0.2, 0.25) is 0 Å². The van der Waals surface area contributed by atoms with Gasteiger partial charge in [0, 0.05) is 22.7 Å². The molecule has 6 aromatic carbocycles. The number of carbonyl (C=O) groups excluding carboxylic acids is 5. The molecule has 8 amide bonds. The number of urea groups is 4. The number of halogens is 24. The van der Waals surface area contributed by atoms with E-state index in [0.29, 0.717) is 0 Å². The van der Waals surface area contributed by atoms with Crippen LogP contribution in [0.1, 0.15) is 203 Å². The Bertz CT molecular complexity index is 3530. The van der Waals surface area contributed by atoms with Crippen LogP contribution in [0.4, 0.5) is 175 Å². The number of alkyl halides is 24. The third-order valence-corrected chi connectivity index (χ3v) is 18.1. The highest BCUT2D eigenvalue weighted by Gasteiger charge is 2.42. The van der Waals surface area contributed by atoms with Gasteiger partial charge in [-0.05, 0) is 155 Å². The Labute approximate surface area is 690 Å². The molecule has 0 radical (unpaired) electrons. The number of quaternary nitrogens is 2. The number of nitrogens with zero attached hydrogens (tertiary/aromatic N) is 2. The molecule has 0 heterocycles. The summed E-state index contributed by atoms with van der Waals surface area (Å²) in [6, 6.07) is 5.23. The molecule has 0 aliphatic heterocycles. The summed E-state index contributed by atoms with van der Waals surface area (Å²) in [5.74, 6) is 0. The maximum absolute atomic E-state index is 13.1. The molecular formula is C81H100F24N10O7. The first kappa shape index (κ1) is 108. The average molecular weight is 1780 g/mol. The van der Waals surface area contributed by atoms with E-state index >= 15 is 0 Å². The van der Waals surface area contributed by atoms with Crippen molar-refractivity contribution in [1.82, 2.24) is 0 Å². The minimum Gasteiger partial charge on any atom is -0.652 e. The van der Waals surface area contributed by atoms with Gasteiger partial charge in [0.15, 0.2) is 0 Å². The highest BCUT2D eigenvalue weighted by atomic mass is 19.4. The van der Waals surface area contributed by atoms with Crippen molar-refractivity contribution in [3.63, 3.8) is 0 Å². The highest BCUT2D eigenvalue weighted by molar-refractivity contribution is 6.07. The summed E-state index contributed by atoms with van der Waals surface area (Å²) in [4.78, 5) is 57.8. The quantitative estimate of drug-likeness (QED) is 0.0150. The first-order valence-corrected chi connectivity index (χ1v) is 38.7. The lowest BCUT2D eigenvalue weighted by Gasteiger charge is -2.39. The van der Waals surface area contributed by atoms with Crippen LogP contribution >= 0.6 is 0 Å². The number of carboxylic acid groups (broad SMARTS) is 2. The van der Waals surface area contributed by atoms with Gasteiger partial charge in [-0.25, -0.2) is 19.2 Å². The van der Waals surface area contributed by atoms with Crippen LogP contribution in [0.3, 0.4) is 0 Å². The molecule has 0 spiro atoms. The number of amides is 8. The predicted octanol–water partition coefficient (Wildman–Crippen LogP) is 25.7. The number of carbonyl (C=O) groups is 5. The van der Waals surface area contributed by atoms with Gasteiger partial charge in [0.2, 0.25) is 0 Å². The molecule has 0 aliphatic rings. The van der Waals surface area contributed by atoms with Crippen molar-refractivity contribution in [2.24, 2.45) is 0 Å². The average Bonchev–Trinajstić information content (AvgIpc) is 0.815. The second-order valence-electron chi connectivity index (χ2n) is 28.1. The maximum atomic E-state index is 13.1. The number of benzene rings is 6. The molecule has 0 saturated carbocycles.